The summed E-state index contributed by atoms with van der Waals surface area (Å²) in [5.41, 5.74) is 10.8. The van der Waals surface area contributed by atoms with Gasteiger partial charge >= 0.3 is 0 Å². The van der Waals surface area contributed by atoms with Crippen LogP contribution in [0.4, 0.5) is 5.69 Å². The van der Waals surface area contributed by atoms with Crippen LogP contribution in [0.3, 0.4) is 0 Å². The van der Waals surface area contributed by atoms with Crippen LogP contribution < -0.4 is 20.5 Å². The maximum atomic E-state index is 6.00. The summed E-state index contributed by atoms with van der Waals surface area (Å²) >= 11 is 0. The molecule has 27 heavy (non-hydrogen) atoms. The van der Waals surface area contributed by atoms with Crippen molar-refractivity contribution in [3.8, 4) is 11.5 Å². The normalized spacial score (nSPS) is 14.6. The average Bonchev–Trinajstić information content (AvgIpc) is 2.68. The van der Waals surface area contributed by atoms with E-state index in [0.717, 1.165) is 43.2 Å². The minimum atomic E-state index is 0.447. The van der Waals surface area contributed by atoms with Crippen LogP contribution >= 0.6 is 0 Å². The minimum Gasteiger partial charge on any atom is -0.493 e. The van der Waals surface area contributed by atoms with Gasteiger partial charge in [-0.25, -0.2) is 0 Å². The van der Waals surface area contributed by atoms with Crippen LogP contribution in [0, 0.1) is 6.92 Å². The van der Waals surface area contributed by atoms with Crippen molar-refractivity contribution in [1.82, 2.24) is 4.90 Å². The van der Waals surface area contributed by atoms with E-state index in [4.69, 9.17) is 15.2 Å². The number of fused-ring (bicyclic) bond motifs is 1. The van der Waals surface area contributed by atoms with Crippen molar-refractivity contribution in [2.75, 3.05) is 39.2 Å². The molecule has 1 aliphatic heterocycles. The lowest BCUT2D eigenvalue weighted by atomic mass is 9.99. The molecule has 0 saturated heterocycles. The Labute approximate surface area is 161 Å². The van der Waals surface area contributed by atoms with Crippen molar-refractivity contribution in [1.29, 1.82) is 0 Å². The van der Waals surface area contributed by atoms with Crippen LogP contribution in [0.15, 0.2) is 41.4 Å². The average molecular weight is 368 g/mol. The molecule has 0 unspecified atom stereocenters. The Bertz CT molecular complexity index is 803. The number of rotatable bonds is 6. The van der Waals surface area contributed by atoms with Crippen LogP contribution in [0.25, 0.3) is 0 Å². The number of ether oxygens (including phenoxy) is 2. The van der Waals surface area contributed by atoms with Gasteiger partial charge in [-0.05, 0) is 48.7 Å². The number of hydrogen-bond acceptors (Lipinski definition) is 4. The maximum Gasteiger partial charge on any atom is 0.193 e. The molecule has 0 amide bonds. The van der Waals surface area contributed by atoms with Gasteiger partial charge in [-0.15, -0.1) is 0 Å². The van der Waals surface area contributed by atoms with Gasteiger partial charge in [-0.2, -0.15) is 0 Å². The monoisotopic (exact) mass is 368 g/mol. The van der Waals surface area contributed by atoms with Crippen LogP contribution in [-0.4, -0.2) is 44.7 Å². The number of benzene rings is 2. The number of anilines is 1. The Morgan fingerprint density at radius 1 is 1.11 bits per heavy atom. The fraction of sp³-hybridized carbons (Fsp3) is 0.381. The van der Waals surface area contributed by atoms with Gasteiger partial charge in [0.25, 0.3) is 0 Å². The summed E-state index contributed by atoms with van der Waals surface area (Å²) in [4.78, 5) is 6.84. The first kappa shape index (κ1) is 19.0. The fourth-order valence-electron chi connectivity index (χ4n) is 3.27. The molecule has 144 valence electrons. The van der Waals surface area contributed by atoms with Crippen LogP contribution in [-0.2, 0) is 13.0 Å². The second kappa shape index (κ2) is 8.77. The molecule has 6 heteroatoms. The second-order valence-electron chi connectivity index (χ2n) is 6.76. The predicted molar refractivity (Wildman–Crippen MR) is 110 cm³/mol. The Morgan fingerprint density at radius 3 is 2.44 bits per heavy atom. The smallest absolute Gasteiger partial charge is 0.193 e. The SMILES string of the molecule is COc1cc2c(cc1OC)CN(CCN=C(N)Nc1ccc(C)cc1)CC2. The molecule has 0 radical (unpaired) electrons. The first-order chi connectivity index (χ1) is 13.1. The zero-order valence-electron chi connectivity index (χ0n) is 16.3. The third kappa shape index (κ3) is 4.92. The molecule has 3 rings (SSSR count). The van der Waals surface area contributed by atoms with Gasteiger partial charge in [0, 0.05) is 25.3 Å². The molecular weight excluding hydrogens is 340 g/mol. The Morgan fingerprint density at radius 2 is 1.78 bits per heavy atom. The molecule has 0 spiro atoms. The number of nitrogens with one attached hydrogen (secondary N) is 1. The zero-order chi connectivity index (χ0) is 19.2. The molecule has 2 aromatic rings. The van der Waals surface area contributed by atoms with E-state index in [9.17, 15) is 0 Å². The van der Waals surface area contributed by atoms with E-state index in [0.29, 0.717) is 12.5 Å². The van der Waals surface area contributed by atoms with Gasteiger partial charge in [0.05, 0.1) is 20.8 Å². The Hall–Kier alpha value is -2.73. The van der Waals surface area contributed by atoms with Gasteiger partial charge in [0.1, 0.15) is 0 Å². The molecule has 0 atom stereocenters. The highest BCUT2D eigenvalue weighted by molar-refractivity contribution is 5.92. The van der Waals surface area contributed by atoms with Crippen molar-refractivity contribution < 1.29 is 9.47 Å². The van der Waals surface area contributed by atoms with Crippen molar-refractivity contribution in [3.05, 3.63) is 53.1 Å². The molecule has 2 aromatic carbocycles. The molecule has 6 nitrogen and oxygen atoms in total. The number of aryl methyl sites for hydroxylation is 1. The van der Waals surface area contributed by atoms with Gasteiger partial charge in [-0.1, -0.05) is 17.7 Å². The highest BCUT2D eigenvalue weighted by Gasteiger charge is 2.19. The number of guanidine groups is 1. The van der Waals surface area contributed by atoms with E-state index >= 15 is 0 Å². The minimum absolute atomic E-state index is 0.447. The lowest BCUT2D eigenvalue weighted by Gasteiger charge is -2.29. The van der Waals surface area contributed by atoms with Crippen molar-refractivity contribution in [2.24, 2.45) is 10.7 Å². The third-order valence-electron chi connectivity index (χ3n) is 4.82. The lowest BCUT2D eigenvalue weighted by molar-refractivity contribution is 0.260. The predicted octanol–water partition coefficient (Wildman–Crippen LogP) is 2.80. The van der Waals surface area contributed by atoms with Gasteiger partial charge in [0.2, 0.25) is 0 Å². The highest BCUT2D eigenvalue weighted by atomic mass is 16.5. The first-order valence-corrected chi connectivity index (χ1v) is 9.19. The molecule has 0 aromatic heterocycles. The molecular formula is C21H28N4O2. The molecule has 1 heterocycles. The maximum absolute atomic E-state index is 6.00. The van der Waals surface area contributed by atoms with Crippen LogP contribution in [0.2, 0.25) is 0 Å². The number of methoxy groups -OCH3 is 2. The summed E-state index contributed by atoms with van der Waals surface area (Å²) < 4.78 is 10.8. The van der Waals surface area contributed by atoms with Crippen molar-refractivity contribution >= 4 is 11.6 Å². The molecule has 0 fully saturated rings. The van der Waals surface area contributed by atoms with Crippen molar-refractivity contribution in [2.45, 2.75) is 19.9 Å². The summed E-state index contributed by atoms with van der Waals surface area (Å²) in [5.74, 6) is 2.02. The summed E-state index contributed by atoms with van der Waals surface area (Å²) in [7, 11) is 3.34. The number of aliphatic imine (C=N–C) groups is 1. The lowest BCUT2D eigenvalue weighted by Crippen LogP contribution is -2.33. The molecule has 0 saturated carbocycles. The molecule has 0 bridgehead atoms. The fourth-order valence-corrected chi connectivity index (χ4v) is 3.27. The molecule has 3 N–H and O–H groups in total. The molecule has 0 aliphatic carbocycles. The van der Waals surface area contributed by atoms with Gasteiger partial charge < -0.3 is 20.5 Å². The summed E-state index contributed by atoms with van der Waals surface area (Å²) in [5, 5.41) is 3.13. The van der Waals surface area contributed by atoms with E-state index in [2.05, 4.69) is 34.3 Å². The van der Waals surface area contributed by atoms with E-state index in [1.165, 1.54) is 16.7 Å². The van der Waals surface area contributed by atoms with Crippen molar-refractivity contribution in [3.63, 3.8) is 0 Å². The number of hydrogen-bond donors (Lipinski definition) is 2. The summed E-state index contributed by atoms with van der Waals surface area (Å²) in [6.45, 7) is 5.47. The van der Waals surface area contributed by atoms with E-state index < -0.39 is 0 Å². The van der Waals surface area contributed by atoms with E-state index in [-0.39, 0.29) is 0 Å². The third-order valence-corrected chi connectivity index (χ3v) is 4.82. The summed E-state index contributed by atoms with van der Waals surface area (Å²) in [6, 6.07) is 12.3. The first-order valence-electron chi connectivity index (χ1n) is 9.19. The van der Waals surface area contributed by atoms with E-state index in [1.807, 2.05) is 24.3 Å². The van der Waals surface area contributed by atoms with Crippen LogP contribution in [0.5, 0.6) is 11.5 Å². The molecule has 1 aliphatic rings. The standard InChI is InChI=1S/C21H28N4O2/c1-15-4-6-18(7-5-15)24-21(22)23-9-11-25-10-8-16-12-19(26-2)20(27-3)13-17(16)14-25/h4-7,12-13H,8-11,14H2,1-3H3,(H3,22,23,24). The largest absolute Gasteiger partial charge is 0.493 e. The quantitative estimate of drug-likeness (QED) is 0.606. The zero-order valence-corrected chi connectivity index (χ0v) is 16.3. The van der Waals surface area contributed by atoms with Crippen LogP contribution in [0.1, 0.15) is 16.7 Å². The second-order valence-corrected chi connectivity index (χ2v) is 6.76. The topological polar surface area (TPSA) is 72.1 Å². The number of nitrogens with zero attached hydrogens (tertiary/aromatic N) is 2. The highest BCUT2D eigenvalue weighted by Crippen LogP contribution is 2.33. The Balaban J connectivity index is 1.54. The van der Waals surface area contributed by atoms with Gasteiger partial charge in [-0.3, -0.25) is 9.89 Å². The summed E-state index contributed by atoms with van der Waals surface area (Å²) in [6.07, 6.45) is 0.997. The number of nitrogens with two attached hydrogens (primary N) is 1. The van der Waals surface area contributed by atoms with E-state index in [1.54, 1.807) is 14.2 Å². The van der Waals surface area contributed by atoms with Gasteiger partial charge in [0.15, 0.2) is 17.5 Å². The Kier molecular flexibility index (Phi) is 6.19.